The number of carbonyl (C=O) groups is 4. The Morgan fingerprint density at radius 3 is 2.00 bits per heavy atom. The first-order valence-electron chi connectivity index (χ1n) is 10.9. The van der Waals surface area contributed by atoms with Crippen molar-refractivity contribution in [3.05, 3.63) is 100 Å². The van der Waals surface area contributed by atoms with E-state index >= 15 is 0 Å². The molecule has 34 heavy (non-hydrogen) atoms. The van der Waals surface area contributed by atoms with E-state index in [0.717, 1.165) is 10.5 Å². The van der Waals surface area contributed by atoms with Crippen LogP contribution in [0.1, 0.15) is 37.9 Å². The summed E-state index contributed by atoms with van der Waals surface area (Å²) in [7, 11) is 0. The maximum Gasteiger partial charge on any atom is 0.241 e. The average Bonchev–Trinajstić information content (AvgIpc) is 3.40. The summed E-state index contributed by atoms with van der Waals surface area (Å²) in [4.78, 5) is 56.1. The highest BCUT2D eigenvalue weighted by atomic mass is 35.5. The van der Waals surface area contributed by atoms with Gasteiger partial charge in [-0.05, 0) is 25.1 Å². The van der Waals surface area contributed by atoms with Crippen molar-refractivity contribution in [1.29, 1.82) is 0 Å². The molecule has 0 bridgehead atoms. The molecule has 1 aliphatic carbocycles. The topological polar surface area (TPSA) is 80.8 Å². The van der Waals surface area contributed by atoms with Gasteiger partial charge in [-0.25, -0.2) is 4.90 Å². The summed E-state index contributed by atoms with van der Waals surface area (Å²) in [6.07, 6.45) is -1.03. The van der Waals surface area contributed by atoms with E-state index in [2.05, 4.69) is 0 Å². The first-order chi connectivity index (χ1) is 16.4. The number of aryl methyl sites for hydroxylation is 1. The molecular formula is C27H18ClNO5. The first kappa shape index (κ1) is 21.0. The number of halogens is 1. The van der Waals surface area contributed by atoms with Gasteiger partial charge in [-0.2, -0.15) is 0 Å². The Kier molecular flexibility index (Phi) is 4.43. The number of ether oxygens (including phenoxy) is 1. The van der Waals surface area contributed by atoms with Crippen LogP contribution in [0.15, 0.2) is 72.8 Å². The van der Waals surface area contributed by atoms with Crippen LogP contribution in [-0.4, -0.2) is 29.0 Å². The fourth-order valence-corrected chi connectivity index (χ4v) is 5.70. The van der Waals surface area contributed by atoms with E-state index in [1.807, 2.05) is 6.92 Å². The van der Waals surface area contributed by atoms with E-state index in [1.165, 1.54) is 0 Å². The number of carbonyl (C=O) groups excluding carboxylic acids is 4. The molecule has 2 heterocycles. The Bertz CT molecular complexity index is 1380. The molecule has 2 amide bonds. The molecule has 7 heteroatoms. The van der Waals surface area contributed by atoms with Crippen molar-refractivity contribution in [2.75, 3.05) is 4.90 Å². The molecule has 6 rings (SSSR count). The van der Waals surface area contributed by atoms with E-state index in [-0.39, 0.29) is 11.1 Å². The van der Waals surface area contributed by atoms with Crippen LogP contribution in [0.5, 0.6) is 0 Å². The summed E-state index contributed by atoms with van der Waals surface area (Å²) in [6.45, 7) is 1.90. The molecular weight excluding hydrogens is 454 g/mol. The lowest BCUT2D eigenvalue weighted by Crippen LogP contribution is -2.51. The van der Waals surface area contributed by atoms with Crippen molar-refractivity contribution >= 4 is 40.7 Å². The predicted octanol–water partition coefficient (Wildman–Crippen LogP) is 4.34. The van der Waals surface area contributed by atoms with Crippen LogP contribution in [-0.2, 0) is 14.3 Å². The number of ketones is 2. The number of Topliss-reactive ketones (excluding diaryl/α,β-unsaturated/α-hetero) is 2. The monoisotopic (exact) mass is 471 g/mol. The maximum absolute atomic E-state index is 13.8. The molecule has 3 aliphatic rings. The lowest BCUT2D eigenvalue weighted by atomic mass is 9.77. The number of hydrogen-bond acceptors (Lipinski definition) is 5. The second kappa shape index (κ2) is 7.19. The number of benzene rings is 3. The molecule has 1 spiro atoms. The van der Waals surface area contributed by atoms with Gasteiger partial charge in [0.2, 0.25) is 29.0 Å². The number of fused-ring (bicyclic) bond motifs is 3. The van der Waals surface area contributed by atoms with Gasteiger partial charge in [0.1, 0.15) is 0 Å². The third-order valence-electron chi connectivity index (χ3n) is 7.02. The summed E-state index contributed by atoms with van der Waals surface area (Å²) in [5, 5.41) is 0.327. The molecule has 3 aromatic carbocycles. The third kappa shape index (κ3) is 2.55. The van der Waals surface area contributed by atoms with E-state index < -0.39 is 46.9 Å². The van der Waals surface area contributed by atoms with Gasteiger partial charge in [0.15, 0.2) is 0 Å². The van der Waals surface area contributed by atoms with Crippen LogP contribution < -0.4 is 4.90 Å². The normalized spacial score (nSPS) is 24.8. The predicted molar refractivity (Wildman–Crippen MR) is 124 cm³/mol. The minimum Gasteiger partial charge on any atom is -0.349 e. The summed E-state index contributed by atoms with van der Waals surface area (Å²) < 4.78 is 6.24. The highest BCUT2D eigenvalue weighted by molar-refractivity contribution is 6.37. The summed E-state index contributed by atoms with van der Waals surface area (Å²) >= 11 is 6.45. The van der Waals surface area contributed by atoms with Crippen molar-refractivity contribution in [3.8, 4) is 0 Å². The van der Waals surface area contributed by atoms with E-state index in [4.69, 9.17) is 16.3 Å². The van der Waals surface area contributed by atoms with Crippen LogP contribution in [0.2, 0.25) is 5.02 Å². The fourth-order valence-electron chi connectivity index (χ4n) is 5.45. The van der Waals surface area contributed by atoms with Crippen molar-refractivity contribution in [1.82, 2.24) is 0 Å². The Balaban J connectivity index is 1.56. The van der Waals surface area contributed by atoms with Crippen molar-refractivity contribution < 1.29 is 23.9 Å². The number of imide groups is 1. The molecule has 2 aliphatic heterocycles. The number of nitrogens with zero attached hydrogens (tertiary/aromatic N) is 1. The van der Waals surface area contributed by atoms with Crippen LogP contribution in [0.25, 0.3) is 0 Å². The highest BCUT2D eigenvalue weighted by Crippen LogP contribution is 2.58. The Morgan fingerprint density at radius 1 is 0.794 bits per heavy atom. The highest BCUT2D eigenvalue weighted by Gasteiger charge is 2.74. The SMILES string of the molecule is Cc1ccc(N2C(=O)[C@H]3[C@@H](c4ccccc4Cl)OC4(C(=O)c5ccccc5C4=O)[C@H]3C2=O)cc1. The average molecular weight is 472 g/mol. The maximum atomic E-state index is 13.8. The summed E-state index contributed by atoms with van der Waals surface area (Å²) in [6, 6.07) is 20.1. The van der Waals surface area contributed by atoms with Crippen molar-refractivity contribution in [3.63, 3.8) is 0 Å². The minimum atomic E-state index is -2.11. The molecule has 6 nitrogen and oxygen atoms in total. The lowest BCUT2D eigenvalue weighted by Gasteiger charge is -2.27. The molecule has 0 radical (unpaired) electrons. The zero-order valence-electron chi connectivity index (χ0n) is 18.0. The number of amides is 2. The van der Waals surface area contributed by atoms with Gasteiger partial charge in [-0.3, -0.25) is 19.2 Å². The molecule has 3 atom stereocenters. The third-order valence-corrected chi connectivity index (χ3v) is 7.37. The van der Waals surface area contributed by atoms with Crippen LogP contribution in [0, 0.1) is 18.8 Å². The van der Waals surface area contributed by atoms with Gasteiger partial charge in [0.25, 0.3) is 0 Å². The Hall–Kier alpha value is -3.61. The standard InChI is InChI=1S/C27H18ClNO5/c1-14-10-12-15(13-11-14)29-25(32)20-21(26(29)33)27(34-22(20)18-8-4-5-9-19(18)28)23(30)16-6-2-3-7-17(16)24(27)31/h2-13,20-22H,1H3/t20-,21-,22-/m1/s1. The number of anilines is 1. The quantitative estimate of drug-likeness (QED) is 0.410. The molecule has 168 valence electrons. The van der Waals surface area contributed by atoms with E-state index in [0.29, 0.717) is 16.3 Å². The zero-order chi connectivity index (χ0) is 23.8. The van der Waals surface area contributed by atoms with E-state index in [1.54, 1.807) is 72.8 Å². The van der Waals surface area contributed by atoms with Gasteiger partial charge in [-0.15, -0.1) is 0 Å². The van der Waals surface area contributed by atoms with Crippen molar-refractivity contribution in [2.45, 2.75) is 18.6 Å². The van der Waals surface area contributed by atoms with Gasteiger partial charge in [0.05, 0.1) is 23.6 Å². The number of hydrogen-bond donors (Lipinski definition) is 0. The fraction of sp³-hybridized carbons (Fsp3) is 0.185. The molecule has 0 aromatic heterocycles. The molecule has 0 saturated carbocycles. The van der Waals surface area contributed by atoms with Crippen molar-refractivity contribution in [2.24, 2.45) is 11.8 Å². The molecule has 0 N–H and O–H groups in total. The summed E-state index contributed by atoms with van der Waals surface area (Å²) in [5.74, 6) is -4.69. The van der Waals surface area contributed by atoms with Gasteiger partial charge in [0, 0.05) is 21.7 Å². The van der Waals surface area contributed by atoms with Gasteiger partial charge in [-0.1, -0.05) is 71.8 Å². The minimum absolute atomic E-state index is 0.195. The second-order valence-electron chi connectivity index (χ2n) is 8.85. The molecule has 2 fully saturated rings. The molecule has 2 saturated heterocycles. The van der Waals surface area contributed by atoms with Crippen LogP contribution >= 0.6 is 11.6 Å². The van der Waals surface area contributed by atoms with Crippen LogP contribution in [0.3, 0.4) is 0 Å². The number of rotatable bonds is 2. The summed E-state index contributed by atoms with van der Waals surface area (Å²) in [5.41, 5.74) is 0.0937. The second-order valence-corrected chi connectivity index (χ2v) is 9.26. The van der Waals surface area contributed by atoms with Gasteiger partial charge < -0.3 is 4.74 Å². The van der Waals surface area contributed by atoms with Gasteiger partial charge >= 0.3 is 0 Å². The largest absolute Gasteiger partial charge is 0.349 e. The Labute approximate surface area is 200 Å². The Morgan fingerprint density at radius 2 is 1.38 bits per heavy atom. The molecule has 0 unspecified atom stereocenters. The lowest BCUT2D eigenvalue weighted by molar-refractivity contribution is -0.127. The zero-order valence-corrected chi connectivity index (χ0v) is 18.8. The van der Waals surface area contributed by atoms with Crippen LogP contribution in [0.4, 0.5) is 5.69 Å². The van der Waals surface area contributed by atoms with E-state index in [9.17, 15) is 19.2 Å². The first-order valence-corrected chi connectivity index (χ1v) is 11.3. The molecule has 3 aromatic rings. The smallest absolute Gasteiger partial charge is 0.241 e.